The van der Waals surface area contributed by atoms with Gasteiger partial charge in [-0.3, -0.25) is 0 Å². The van der Waals surface area contributed by atoms with Crippen LogP contribution in [0.5, 0.6) is 0 Å². The number of ether oxygens (including phenoxy) is 2. The Hall–Kier alpha value is -0.420. The molecule has 0 unspecified atom stereocenters. The number of hydrogen-bond donors (Lipinski definition) is 1. The molecule has 0 fully saturated rings. The Balaban J connectivity index is 2.26. The van der Waals surface area contributed by atoms with Gasteiger partial charge < -0.3 is 14.8 Å². The number of nitrogens with one attached hydrogen (secondary N) is 1. The summed E-state index contributed by atoms with van der Waals surface area (Å²) in [6, 6.07) is 2.26. The molecule has 1 aromatic heterocycles. The van der Waals surface area contributed by atoms with Gasteiger partial charge in [0.15, 0.2) is 0 Å². The highest BCUT2D eigenvalue weighted by atomic mass is 32.1. The van der Waals surface area contributed by atoms with Gasteiger partial charge in [-0.15, -0.1) is 11.3 Å². The smallest absolute Gasteiger partial charge is 0.0728 e. The minimum atomic E-state index is 0.278. The predicted molar refractivity (Wildman–Crippen MR) is 86.3 cm³/mol. The van der Waals surface area contributed by atoms with Crippen molar-refractivity contribution in [2.75, 3.05) is 19.8 Å². The molecule has 0 aliphatic heterocycles. The molecule has 20 heavy (non-hydrogen) atoms. The van der Waals surface area contributed by atoms with Crippen LogP contribution in [0.4, 0.5) is 0 Å². The second-order valence-corrected chi connectivity index (χ2v) is 7.13. The first-order valence-electron chi connectivity index (χ1n) is 7.47. The third-order valence-corrected chi connectivity index (χ3v) is 3.95. The number of thiophene rings is 1. The maximum Gasteiger partial charge on any atom is 0.0728 e. The summed E-state index contributed by atoms with van der Waals surface area (Å²) < 4.78 is 11.1. The number of hydrogen-bond acceptors (Lipinski definition) is 4. The third-order valence-electron chi connectivity index (χ3n) is 2.86. The second-order valence-electron chi connectivity index (χ2n) is 5.79. The van der Waals surface area contributed by atoms with Crippen molar-refractivity contribution in [2.24, 2.45) is 5.92 Å². The molecule has 0 bridgehead atoms. The maximum atomic E-state index is 5.67. The van der Waals surface area contributed by atoms with Crippen LogP contribution in [0.15, 0.2) is 6.07 Å². The summed E-state index contributed by atoms with van der Waals surface area (Å²) in [5.74, 6) is 0.694. The van der Waals surface area contributed by atoms with Crippen LogP contribution in [-0.2, 0) is 22.6 Å². The van der Waals surface area contributed by atoms with E-state index in [0.717, 1.165) is 13.1 Å². The van der Waals surface area contributed by atoms with Crippen LogP contribution in [0.3, 0.4) is 0 Å². The van der Waals surface area contributed by atoms with Gasteiger partial charge in [0.25, 0.3) is 0 Å². The van der Waals surface area contributed by atoms with E-state index in [9.17, 15) is 0 Å². The van der Waals surface area contributed by atoms with Gasteiger partial charge >= 0.3 is 0 Å². The van der Waals surface area contributed by atoms with Crippen molar-refractivity contribution in [3.63, 3.8) is 0 Å². The molecule has 3 nitrogen and oxygen atoms in total. The van der Waals surface area contributed by atoms with Crippen molar-refractivity contribution in [1.82, 2.24) is 5.32 Å². The van der Waals surface area contributed by atoms with E-state index in [0.29, 0.717) is 25.7 Å². The van der Waals surface area contributed by atoms with Crippen molar-refractivity contribution < 1.29 is 9.47 Å². The normalized spacial score (nSPS) is 11.8. The largest absolute Gasteiger partial charge is 0.376 e. The average Bonchev–Trinajstić information content (AvgIpc) is 2.69. The molecule has 0 spiro atoms. The fourth-order valence-corrected chi connectivity index (χ4v) is 2.84. The molecule has 1 aromatic rings. The Morgan fingerprint density at radius 3 is 2.60 bits per heavy atom. The summed E-state index contributed by atoms with van der Waals surface area (Å²) in [5, 5.41) is 3.48. The van der Waals surface area contributed by atoms with Crippen LogP contribution >= 0.6 is 11.3 Å². The lowest BCUT2D eigenvalue weighted by molar-refractivity contribution is 0.0142. The lowest BCUT2D eigenvalue weighted by Gasteiger charge is -2.07. The summed E-state index contributed by atoms with van der Waals surface area (Å²) in [6.07, 6.45) is 0.278. The predicted octanol–water partition coefficient (Wildman–Crippen LogP) is 3.74. The fraction of sp³-hybridized carbons (Fsp3) is 0.750. The van der Waals surface area contributed by atoms with Gasteiger partial charge in [0, 0.05) is 16.3 Å². The third kappa shape index (κ3) is 7.39. The van der Waals surface area contributed by atoms with E-state index in [1.54, 1.807) is 0 Å². The zero-order valence-electron chi connectivity index (χ0n) is 13.5. The number of rotatable bonds is 10. The molecule has 1 heterocycles. The van der Waals surface area contributed by atoms with Crippen molar-refractivity contribution in [3.05, 3.63) is 21.4 Å². The molecular formula is C16H29NO2S. The van der Waals surface area contributed by atoms with Crippen LogP contribution in [0, 0.1) is 12.8 Å². The van der Waals surface area contributed by atoms with Gasteiger partial charge in [-0.25, -0.2) is 0 Å². The summed E-state index contributed by atoms with van der Waals surface area (Å²) in [6.45, 7) is 14.7. The number of aryl methyl sites for hydroxylation is 1. The molecule has 0 aliphatic rings. The van der Waals surface area contributed by atoms with Gasteiger partial charge in [0.2, 0.25) is 0 Å². The van der Waals surface area contributed by atoms with Crippen LogP contribution in [-0.4, -0.2) is 25.9 Å². The SMILES string of the molecule is Cc1sc(CNCC(C)C)cc1COCCOC(C)C. The summed E-state index contributed by atoms with van der Waals surface area (Å²) in [7, 11) is 0. The van der Waals surface area contributed by atoms with Crippen molar-refractivity contribution in [2.45, 2.75) is 53.9 Å². The monoisotopic (exact) mass is 299 g/mol. The molecule has 0 radical (unpaired) electrons. The molecule has 0 amide bonds. The Morgan fingerprint density at radius 1 is 1.20 bits per heavy atom. The van der Waals surface area contributed by atoms with Crippen LogP contribution < -0.4 is 5.32 Å². The zero-order valence-corrected chi connectivity index (χ0v) is 14.3. The average molecular weight is 299 g/mol. The standard InChI is InChI=1S/C16H29NO2S/c1-12(2)9-17-10-16-8-15(14(5)20-16)11-18-6-7-19-13(3)4/h8,12-13,17H,6-7,9-11H2,1-5H3. The van der Waals surface area contributed by atoms with E-state index < -0.39 is 0 Å². The lowest BCUT2D eigenvalue weighted by Crippen LogP contribution is -2.18. The molecule has 0 aromatic carbocycles. The first-order valence-corrected chi connectivity index (χ1v) is 8.29. The summed E-state index contributed by atoms with van der Waals surface area (Å²) in [5.41, 5.74) is 1.31. The van der Waals surface area contributed by atoms with Crippen LogP contribution in [0.1, 0.15) is 43.0 Å². The molecular weight excluding hydrogens is 270 g/mol. The van der Waals surface area contributed by atoms with Gasteiger partial charge in [0.1, 0.15) is 0 Å². The van der Waals surface area contributed by atoms with Crippen molar-refractivity contribution in [3.8, 4) is 0 Å². The molecule has 0 atom stereocenters. The van der Waals surface area contributed by atoms with Crippen LogP contribution in [0.2, 0.25) is 0 Å². The minimum Gasteiger partial charge on any atom is -0.376 e. The molecule has 0 saturated heterocycles. The Bertz CT molecular complexity index is 375. The molecule has 0 saturated carbocycles. The van der Waals surface area contributed by atoms with E-state index in [4.69, 9.17) is 9.47 Å². The van der Waals surface area contributed by atoms with E-state index >= 15 is 0 Å². The molecule has 1 N–H and O–H groups in total. The first kappa shape index (κ1) is 17.6. The van der Waals surface area contributed by atoms with Gasteiger partial charge in [-0.2, -0.15) is 0 Å². The molecule has 0 aliphatic carbocycles. The fourth-order valence-electron chi connectivity index (χ4n) is 1.83. The quantitative estimate of drug-likeness (QED) is 0.668. The van der Waals surface area contributed by atoms with E-state index in [1.807, 2.05) is 25.2 Å². The Labute approximate surface area is 127 Å². The van der Waals surface area contributed by atoms with Gasteiger partial charge in [0.05, 0.1) is 25.9 Å². The molecule has 116 valence electrons. The topological polar surface area (TPSA) is 30.5 Å². The Morgan fingerprint density at radius 2 is 1.95 bits per heavy atom. The lowest BCUT2D eigenvalue weighted by atomic mass is 10.2. The Kier molecular flexibility index (Phi) is 8.38. The van der Waals surface area contributed by atoms with Gasteiger partial charge in [-0.05, 0) is 44.9 Å². The van der Waals surface area contributed by atoms with E-state index in [2.05, 4.69) is 32.2 Å². The molecule has 1 rings (SSSR count). The highest BCUT2D eigenvalue weighted by molar-refractivity contribution is 7.12. The summed E-state index contributed by atoms with van der Waals surface area (Å²) in [4.78, 5) is 2.75. The molecule has 4 heteroatoms. The zero-order chi connectivity index (χ0) is 15.0. The van der Waals surface area contributed by atoms with E-state index in [-0.39, 0.29) is 6.10 Å². The maximum absolute atomic E-state index is 5.67. The first-order chi connectivity index (χ1) is 9.49. The van der Waals surface area contributed by atoms with Crippen molar-refractivity contribution >= 4 is 11.3 Å². The van der Waals surface area contributed by atoms with Crippen LogP contribution in [0.25, 0.3) is 0 Å². The highest BCUT2D eigenvalue weighted by Crippen LogP contribution is 2.22. The van der Waals surface area contributed by atoms with Gasteiger partial charge in [-0.1, -0.05) is 13.8 Å². The van der Waals surface area contributed by atoms with E-state index in [1.165, 1.54) is 15.3 Å². The van der Waals surface area contributed by atoms with Crippen molar-refractivity contribution in [1.29, 1.82) is 0 Å². The summed E-state index contributed by atoms with van der Waals surface area (Å²) >= 11 is 1.86. The highest BCUT2D eigenvalue weighted by Gasteiger charge is 2.06. The minimum absolute atomic E-state index is 0.278. The second kappa shape index (κ2) is 9.50.